The lowest BCUT2D eigenvalue weighted by atomic mass is 10.1. The summed E-state index contributed by atoms with van der Waals surface area (Å²) >= 11 is 0. The monoisotopic (exact) mass is 290 g/mol. The molecule has 0 radical (unpaired) electrons. The van der Waals surface area contributed by atoms with E-state index in [1.54, 1.807) is 19.1 Å². The lowest BCUT2D eigenvalue weighted by molar-refractivity contribution is -0.116. The van der Waals surface area contributed by atoms with E-state index in [0.29, 0.717) is 24.2 Å². The van der Waals surface area contributed by atoms with Crippen LogP contribution in [0.4, 0.5) is 8.78 Å². The molecule has 0 saturated heterocycles. The molecule has 0 aliphatic rings. The highest BCUT2D eigenvalue weighted by Crippen LogP contribution is 2.17. The van der Waals surface area contributed by atoms with Gasteiger partial charge in [0.25, 0.3) is 0 Å². The Morgan fingerprint density at radius 3 is 2.43 bits per heavy atom. The molecule has 0 aromatic heterocycles. The van der Waals surface area contributed by atoms with Crippen molar-refractivity contribution in [2.45, 2.75) is 26.4 Å². The van der Waals surface area contributed by atoms with E-state index in [2.05, 4.69) is 0 Å². The van der Waals surface area contributed by atoms with E-state index in [4.69, 9.17) is 4.74 Å². The minimum absolute atomic E-state index is 0.0406. The predicted molar refractivity (Wildman–Crippen MR) is 76.1 cm³/mol. The van der Waals surface area contributed by atoms with E-state index in [1.165, 1.54) is 12.1 Å². The molecule has 0 aliphatic heterocycles. The highest BCUT2D eigenvalue weighted by atomic mass is 19.1. The third-order valence-corrected chi connectivity index (χ3v) is 3.10. The van der Waals surface area contributed by atoms with Crippen LogP contribution >= 0.6 is 0 Å². The number of benzene rings is 2. The van der Waals surface area contributed by atoms with Crippen molar-refractivity contribution in [3.05, 3.63) is 65.2 Å². The van der Waals surface area contributed by atoms with Crippen molar-refractivity contribution < 1.29 is 18.3 Å². The Morgan fingerprint density at radius 2 is 1.81 bits per heavy atom. The van der Waals surface area contributed by atoms with E-state index in [1.807, 2.05) is 12.1 Å². The van der Waals surface area contributed by atoms with Gasteiger partial charge in [-0.1, -0.05) is 12.1 Å². The smallest absolute Gasteiger partial charge is 0.132 e. The molecule has 2 nitrogen and oxygen atoms in total. The Balaban J connectivity index is 1.92. The minimum Gasteiger partial charge on any atom is -0.489 e. The van der Waals surface area contributed by atoms with Gasteiger partial charge in [-0.3, -0.25) is 0 Å². The quantitative estimate of drug-likeness (QED) is 0.801. The van der Waals surface area contributed by atoms with Crippen molar-refractivity contribution in [2.24, 2.45) is 0 Å². The van der Waals surface area contributed by atoms with Gasteiger partial charge in [-0.15, -0.1) is 0 Å². The highest BCUT2D eigenvalue weighted by molar-refractivity contribution is 5.75. The van der Waals surface area contributed by atoms with Gasteiger partial charge >= 0.3 is 0 Å². The van der Waals surface area contributed by atoms with Crippen molar-refractivity contribution in [1.82, 2.24) is 0 Å². The van der Waals surface area contributed by atoms with Crippen molar-refractivity contribution >= 4 is 5.78 Å². The Kier molecular flexibility index (Phi) is 5.04. The summed E-state index contributed by atoms with van der Waals surface area (Å²) in [6.07, 6.45) is 1.21. The summed E-state index contributed by atoms with van der Waals surface area (Å²) in [5.74, 6) is -0.466. The van der Waals surface area contributed by atoms with Crippen molar-refractivity contribution in [3.63, 3.8) is 0 Å². The fourth-order valence-corrected chi connectivity index (χ4v) is 1.87. The maximum atomic E-state index is 13.4. The molecule has 0 heterocycles. The summed E-state index contributed by atoms with van der Waals surface area (Å²) in [5.41, 5.74) is 1.35. The van der Waals surface area contributed by atoms with Crippen LogP contribution in [0.25, 0.3) is 0 Å². The van der Waals surface area contributed by atoms with Crippen LogP contribution in [0.5, 0.6) is 5.75 Å². The van der Waals surface area contributed by atoms with Crippen LogP contribution in [0.2, 0.25) is 0 Å². The molecule has 4 heteroatoms. The molecule has 0 amide bonds. The van der Waals surface area contributed by atoms with Crippen molar-refractivity contribution in [3.8, 4) is 5.75 Å². The van der Waals surface area contributed by atoms with Crippen LogP contribution in [-0.4, -0.2) is 5.78 Å². The number of hydrogen-bond acceptors (Lipinski definition) is 2. The summed E-state index contributed by atoms with van der Waals surface area (Å²) in [6.45, 7) is 1.60. The van der Waals surface area contributed by atoms with Gasteiger partial charge in [-0.05, 0) is 43.2 Å². The number of carbonyl (C=O) groups excluding carboxylic acids is 1. The zero-order valence-corrected chi connectivity index (χ0v) is 11.7. The molecule has 0 bridgehead atoms. The number of carbonyl (C=O) groups is 1. The minimum atomic E-state index is -0.618. The number of aryl methyl sites for hydroxylation is 1. The average Bonchev–Trinajstić information content (AvgIpc) is 2.45. The number of ketones is 1. The molecule has 2 aromatic rings. The first-order valence-electron chi connectivity index (χ1n) is 6.69. The van der Waals surface area contributed by atoms with Crippen LogP contribution in [0.1, 0.15) is 24.5 Å². The van der Waals surface area contributed by atoms with Gasteiger partial charge in [0.1, 0.15) is 29.8 Å². The molecule has 2 rings (SSSR count). The summed E-state index contributed by atoms with van der Waals surface area (Å²) in [7, 11) is 0. The fraction of sp³-hybridized carbons (Fsp3) is 0.235. The lowest BCUT2D eigenvalue weighted by Crippen LogP contribution is -1.99. The number of rotatable bonds is 6. The predicted octanol–water partition coefficient (Wildman–Crippen LogP) is 4.07. The topological polar surface area (TPSA) is 26.3 Å². The van der Waals surface area contributed by atoms with E-state index in [-0.39, 0.29) is 12.4 Å². The van der Waals surface area contributed by atoms with Gasteiger partial charge in [-0.2, -0.15) is 0 Å². The Labute approximate surface area is 122 Å². The molecule has 110 valence electrons. The van der Waals surface area contributed by atoms with Crippen molar-refractivity contribution in [2.75, 3.05) is 0 Å². The van der Waals surface area contributed by atoms with E-state index in [9.17, 15) is 13.6 Å². The van der Waals surface area contributed by atoms with Gasteiger partial charge in [0, 0.05) is 18.1 Å². The maximum absolute atomic E-state index is 13.4. The molecular formula is C17H16F2O2. The average molecular weight is 290 g/mol. The molecule has 0 fully saturated rings. The zero-order chi connectivity index (χ0) is 15.2. The summed E-state index contributed by atoms with van der Waals surface area (Å²) < 4.78 is 31.7. The van der Waals surface area contributed by atoms with Crippen LogP contribution < -0.4 is 4.74 Å². The van der Waals surface area contributed by atoms with Crippen LogP contribution in [0.15, 0.2) is 42.5 Å². The first kappa shape index (κ1) is 15.2. The molecule has 0 atom stereocenters. The Morgan fingerprint density at radius 1 is 1.10 bits per heavy atom. The number of ether oxygens (including phenoxy) is 1. The van der Waals surface area contributed by atoms with E-state index in [0.717, 1.165) is 11.6 Å². The Hall–Kier alpha value is -2.23. The number of halogens is 2. The van der Waals surface area contributed by atoms with E-state index >= 15 is 0 Å². The first-order valence-corrected chi connectivity index (χ1v) is 6.69. The highest BCUT2D eigenvalue weighted by Gasteiger charge is 2.05. The summed E-state index contributed by atoms with van der Waals surface area (Å²) in [4.78, 5) is 10.9. The second kappa shape index (κ2) is 6.97. The van der Waals surface area contributed by atoms with Gasteiger partial charge in [0.15, 0.2) is 0 Å². The largest absolute Gasteiger partial charge is 0.489 e. The van der Waals surface area contributed by atoms with Gasteiger partial charge in [0.05, 0.1) is 0 Å². The summed E-state index contributed by atoms with van der Waals surface area (Å²) in [6, 6.07) is 10.7. The Bertz CT molecular complexity index is 621. The standard InChI is InChI=1S/C17H16F2O2/c1-12(20)2-3-13-4-8-16(9-5-13)21-11-14-6-7-15(18)10-17(14)19/h4-10H,2-3,11H2,1H3. The third kappa shape index (κ3) is 4.67. The molecular weight excluding hydrogens is 274 g/mol. The molecule has 0 saturated carbocycles. The second-order valence-electron chi connectivity index (χ2n) is 4.87. The SMILES string of the molecule is CC(=O)CCc1ccc(OCc2ccc(F)cc2F)cc1. The first-order chi connectivity index (χ1) is 10.0. The van der Waals surface area contributed by atoms with E-state index < -0.39 is 11.6 Å². The molecule has 21 heavy (non-hydrogen) atoms. The summed E-state index contributed by atoms with van der Waals surface area (Å²) in [5, 5.41) is 0. The number of hydrogen-bond donors (Lipinski definition) is 0. The van der Waals surface area contributed by atoms with Gasteiger partial charge in [-0.25, -0.2) is 8.78 Å². The fourth-order valence-electron chi connectivity index (χ4n) is 1.87. The van der Waals surface area contributed by atoms with Crippen LogP contribution in [0.3, 0.4) is 0 Å². The molecule has 0 spiro atoms. The normalized spacial score (nSPS) is 10.4. The molecule has 2 aromatic carbocycles. The van der Waals surface area contributed by atoms with Crippen molar-refractivity contribution in [1.29, 1.82) is 0 Å². The zero-order valence-electron chi connectivity index (χ0n) is 11.7. The molecule has 0 aliphatic carbocycles. The van der Waals surface area contributed by atoms with Gasteiger partial charge in [0.2, 0.25) is 0 Å². The molecule has 0 N–H and O–H groups in total. The lowest BCUT2D eigenvalue weighted by Gasteiger charge is -2.08. The molecule has 0 unspecified atom stereocenters. The third-order valence-electron chi connectivity index (χ3n) is 3.10. The number of Topliss-reactive ketones (excluding diaryl/α,β-unsaturated/α-hetero) is 1. The van der Waals surface area contributed by atoms with Gasteiger partial charge < -0.3 is 9.53 Å². The second-order valence-corrected chi connectivity index (χ2v) is 4.87. The maximum Gasteiger partial charge on any atom is 0.132 e. The van der Waals surface area contributed by atoms with Crippen LogP contribution in [0, 0.1) is 11.6 Å². The van der Waals surface area contributed by atoms with Crippen LogP contribution in [-0.2, 0) is 17.8 Å².